The number of esters is 1. The Balaban J connectivity index is 1.34. The van der Waals surface area contributed by atoms with Gasteiger partial charge in [-0.1, -0.05) is 69.5 Å². The monoisotopic (exact) mass is 548 g/mol. The molecule has 2 aliphatic rings. The minimum Gasteiger partial charge on any atom is -0.458 e. The van der Waals surface area contributed by atoms with E-state index >= 15 is 4.39 Å². The van der Waals surface area contributed by atoms with Gasteiger partial charge in [-0.05, 0) is 122 Å². The summed E-state index contributed by atoms with van der Waals surface area (Å²) in [5, 5.41) is 9.27. The average Bonchev–Trinajstić information content (AvgIpc) is 2.99. The van der Waals surface area contributed by atoms with E-state index in [4.69, 9.17) is 4.74 Å². The molecule has 4 rings (SSSR count). The van der Waals surface area contributed by atoms with Gasteiger partial charge in [-0.3, -0.25) is 0 Å². The fraction of sp³-hybridized carbons (Fsp3) is 0.583. The number of aliphatic hydroxyl groups excluding tert-OH is 1. The maximum Gasteiger partial charge on any atom is 0.330 e. The zero-order valence-corrected chi connectivity index (χ0v) is 24.5. The van der Waals surface area contributed by atoms with Crippen LogP contribution in [0.5, 0.6) is 0 Å². The number of carbonyl (C=O) groups excluding carboxylic acids is 1. The van der Waals surface area contributed by atoms with Crippen molar-refractivity contribution in [2.24, 2.45) is 5.92 Å². The Labute approximate surface area is 241 Å². The van der Waals surface area contributed by atoms with E-state index in [9.17, 15) is 9.90 Å². The Bertz CT molecular complexity index is 1090. The molecule has 4 heteroatoms. The summed E-state index contributed by atoms with van der Waals surface area (Å²) in [6, 6.07) is 12.6. The van der Waals surface area contributed by atoms with Crippen LogP contribution >= 0.6 is 0 Å². The van der Waals surface area contributed by atoms with E-state index in [0.717, 1.165) is 54.7 Å². The zero-order chi connectivity index (χ0) is 28.3. The van der Waals surface area contributed by atoms with Gasteiger partial charge in [0.05, 0.1) is 0 Å². The highest BCUT2D eigenvalue weighted by atomic mass is 19.1. The lowest BCUT2D eigenvalue weighted by Crippen LogP contribution is -2.15. The fourth-order valence-corrected chi connectivity index (χ4v) is 7.09. The molecule has 1 N–H and O–H groups in total. The molecule has 40 heavy (non-hydrogen) atoms. The van der Waals surface area contributed by atoms with Crippen LogP contribution in [-0.2, 0) is 22.6 Å². The summed E-state index contributed by atoms with van der Waals surface area (Å²) in [6.45, 7) is 6.10. The van der Waals surface area contributed by atoms with Gasteiger partial charge in [-0.25, -0.2) is 9.18 Å². The van der Waals surface area contributed by atoms with Crippen LogP contribution in [0.25, 0.3) is 0 Å². The Morgan fingerprint density at radius 3 is 2.20 bits per heavy atom. The molecule has 0 unspecified atom stereocenters. The van der Waals surface area contributed by atoms with Gasteiger partial charge >= 0.3 is 5.97 Å². The lowest BCUT2D eigenvalue weighted by molar-refractivity contribution is -0.139. The number of unbranched alkanes of at least 4 members (excludes halogenated alkanes) is 2. The lowest BCUT2D eigenvalue weighted by Gasteiger charge is -2.31. The number of benzene rings is 2. The third kappa shape index (κ3) is 8.28. The van der Waals surface area contributed by atoms with Crippen LogP contribution in [0.2, 0.25) is 0 Å². The molecule has 3 nitrogen and oxygen atoms in total. The molecule has 2 fully saturated rings. The van der Waals surface area contributed by atoms with E-state index in [1.165, 1.54) is 68.6 Å². The van der Waals surface area contributed by atoms with Crippen molar-refractivity contribution >= 4 is 5.97 Å². The predicted molar refractivity (Wildman–Crippen MR) is 161 cm³/mol. The number of hydrogen-bond acceptors (Lipinski definition) is 3. The summed E-state index contributed by atoms with van der Waals surface area (Å²) < 4.78 is 20.7. The average molecular weight is 549 g/mol. The second kappa shape index (κ2) is 15.5. The molecule has 0 aliphatic heterocycles. The normalized spacial score (nSPS) is 23.1. The summed E-state index contributed by atoms with van der Waals surface area (Å²) in [5.41, 5.74) is 5.46. The molecule has 2 aromatic rings. The molecule has 0 saturated heterocycles. The van der Waals surface area contributed by atoms with E-state index in [1.807, 2.05) is 6.07 Å². The van der Waals surface area contributed by atoms with Gasteiger partial charge in [-0.2, -0.15) is 0 Å². The van der Waals surface area contributed by atoms with Gasteiger partial charge in [0, 0.05) is 12.7 Å². The highest BCUT2D eigenvalue weighted by molar-refractivity contribution is 5.81. The summed E-state index contributed by atoms with van der Waals surface area (Å²) in [7, 11) is 0. The molecule has 0 aromatic heterocycles. The van der Waals surface area contributed by atoms with Crippen LogP contribution < -0.4 is 0 Å². The first-order valence-electron chi connectivity index (χ1n) is 15.8. The molecule has 0 atom stereocenters. The third-order valence-electron chi connectivity index (χ3n) is 9.57. The van der Waals surface area contributed by atoms with Crippen molar-refractivity contribution in [1.29, 1.82) is 0 Å². The van der Waals surface area contributed by atoms with Crippen LogP contribution in [0, 0.1) is 11.7 Å². The number of halogens is 1. The Hall–Kier alpha value is -2.46. The number of ether oxygens (including phenoxy) is 1. The van der Waals surface area contributed by atoms with Crippen LogP contribution in [0.3, 0.4) is 0 Å². The second-order valence-electron chi connectivity index (χ2n) is 12.2. The number of aryl methyl sites for hydroxylation is 1. The predicted octanol–water partition coefficient (Wildman–Crippen LogP) is 9.28. The molecule has 218 valence electrons. The molecule has 2 saturated carbocycles. The number of hydrogen-bond donors (Lipinski definition) is 1. The first-order valence-corrected chi connectivity index (χ1v) is 15.8. The van der Waals surface area contributed by atoms with Crippen LogP contribution in [0.15, 0.2) is 49.1 Å². The van der Waals surface area contributed by atoms with Gasteiger partial charge < -0.3 is 9.84 Å². The van der Waals surface area contributed by atoms with Crippen LogP contribution in [0.1, 0.15) is 136 Å². The highest BCUT2D eigenvalue weighted by Crippen LogP contribution is 2.43. The van der Waals surface area contributed by atoms with Crippen LogP contribution in [0.4, 0.5) is 4.39 Å². The van der Waals surface area contributed by atoms with Crippen LogP contribution in [-0.4, -0.2) is 17.7 Å². The number of carbonyl (C=O) groups is 1. The van der Waals surface area contributed by atoms with E-state index in [-0.39, 0.29) is 24.9 Å². The van der Waals surface area contributed by atoms with Crippen molar-refractivity contribution in [2.45, 2.75) is 121 Å². The molecule has 0 heterocycles. The van der Waals surface area contributed by atoms with E-state index in [0.29, 0.717) is 18.3 Å². The standard InChI is InChI=1S/C36H49FO3/c1-3-5-6-8-26-10-12-28(13-11-26)32-20-21-34(35(37)24-32)30-17-14-29(15-18-30)31-19-16-27(9-7-22-38)33(23-31)25-40-36(39)4-2/h4,16,19-21,23-24,26,28-30,38H,2-3,5-15,17-18,22,25H2,1H3. The third-order valence-corrected chi connectivity index (χ3v) is 9.57. The molecular formula is C36H49FO3. The van der Waals surface area contributed by atoms with Crippen molar-refractivity contribution in [3.8, 4) is 0 Å². The quantitative estimate of drug-likeness (QED) is 0.154. The van der Waals surface area contributed by atoms with Crippen molar-refractivity contribution < 1.29 is 19.0 Å². The minimum absolute atomic E-state index is 0.00873. The van der Waals surface area contributed by atoms with Gasteiger partial charge in [0.1, 0.15) is 12.4 Å². The summed E-state index contributed by atoms with van der Waals surface area (Å²) >= 11 is 0. The van der Waals surface area contributed by atoms with Crippen molar-refractivity contribution in [3.63, 3.8) is 0 Å². The minimum atomic E-state index is -0.429. The smallest absolute Gasteiger partial charge is 0.330 e. The molecule has 0 radical (unpaired) electrons. The largest absolute Gasteiger partial charge is 0.458 e. The molecular weight excluding hydrogens is 499 g/mol. The maximum absolute atomic E-state index is 15.4. The Kier molecular flexibility index (Phi) is 11.8. The first-order chi connectivity index (χ1) is 19.5. The Morgan fingerprint density at radius 1 is 0.900 bits per heavy atom. The molecule has 0 spiro atoms. The molecule has 2 aliphatic carbocycles. The maximum atomic E-state index is 15.4. The molecule has 2 aromatic carbocycles. The first kappa shape index (κ1) is 30.5. The SMILES string of the molecule is C=CC(=O)OCc1cc(C2CCC(c3ccc(C4CCC(CCCCC)CC4)cc3F)CC2)ccc1CCCO. The van der Waals surface area contributed by atoms with E-state index in [2.05, 4.69) is 43.8 Å². The lowest BCUT2D eigenvalue weighted by atomic mass is 9.74. The van der Waals surface area contributed by atoms with Crippen molar-refractivity contribution in [3.05, 3.63) is 82.7 Å². The fourth-order valence-electron chi connectivity index (χ4n) is 7.09. The Morgan fingerprint density at radius 2 is 1.55 bits per heavy atom. The number of rotatable bonds is 13. The molecule has 0 amide bonds. The summed E-state index contributed by atoms with van der Waals surface area (Å²) in [6.07, 6.45) is 17.0. The summed E-state index contributed by atoms with van der Waals surface area (Å²) in [5.74, 6) is 1.65. The van der Waals surface area contributed by atoms with E-state index < -0.39 is 5.97 Å². The zero-order valence-electron chi connectivity index (χ0n) is 24.5. The second-order valence-corrected chi connectivity index (χ2v) is 12.2. The summed E-state index contributed by atoms with van der Waals surface area (Å²) in [4.78, 5) is 11.7. The molecule has 0 bridgehead atoms. The number of aliphatic hydroxyl groups is 1. The topological polar surface area (TPSA) is 46.5 Å². The van der Waals surface area contributed by atoms with Gasteiger partial charge in [0.2, 0.25) is 0 Å². The van der Waals surface area contributed by atoms with Gasteiger partial charge in [0.15, 0.2) is 0 Å². The van der Waals surface area contributed by atoms with Crippen molar-refractivity contribution in [1.82, 2.24) is 0 Å². The van der Waals surface area contributed by atoms with Crippen molar-refractivity contribution in [2.75, 3.05) is 6.61 Å². The van der Waals surface area contributed by atoms with E-state index in [1.54, 1.807) is 0 Å². The van der Waals surface area contributed by atoms with Gasteiger partial charge in [0.25, 0.3) is 0 Å². The van der Waals surface area contributed by atoms with Gasteiger partial charge in [-0.15, -0.1) is 0 Å². The highest BCUT2D eigenvalue weighted by Gasteiger charge is 2.27.